The molecule has 0 radical (unpaired) electrons. The number of alkyl halides is 1. The lowest BCUT2D eigenvalue weighted by Crippen LogP contribution is -2.30. The number of benzene rings is 1. The van der Waals surface area contributed by atoms with Gasteiger partial charge < -0.3 is 4.74 Å². The van der Waals surface area contributed by atoms with Crippen molar-refractivity contribution in [2.24, 2.45) is 0 Å². The maximum Gasteiger partial charge on any atom is 0.338 e. The number of hydrogen-bond donors (Lipinski definition) is 0. The summed E-state index contributed by atoms with van der Waals surface area (Å²) < 4.78 is 28.4. The van der Waals surface area contributed by atoms with Crippen molar-refractivity contribution in [2.75, 3.05) is 6.26 Å². The molecule has 0 bridgehead atoms. The second kappa shape index (κ2) is 6.08. The number of rotatable bonds is 3. The van der Waals surface area contributed by atoms with Gasteiger partial charge in [0.15, 0.2) is 9.84 Å². The first kappa shape index (κ1) is 16.5. The van der Waals surface area contributed by atoms with Crippen molar-refractivity contribution in [3.8, 4) is 0 Å². The second-order valence-electron chi connectivity index (χ2n) is 5.81. The van der Waals surface area contributed by atoms with Gasteiger partial charge in [-0.15, -0.1) is 0 Å². The van der Waals surface area contributed by atoms with Crippen molar-refractivity contribution in [3.63, 3.8) is 0 Å². The molecule has 0 saturated heterocycles. The lowest BCUT2D eigenvalue weighted by atomic mass is 9.88. The van der Waals surface area contributed by atoms with E-state index in [-0.39, 0.29) is 15.3 Å². The zero-order valence-electron chi connectivity index (χ0n) is 12.1. The SMILES string of the molecule is CC1(Br)CCC(OC(=O)c2ccc(S(C)(=O)=O)cc2)CC1. The van der Waals surface area contributed by atoms with E-state index < -0.39 is 15.8 Å². The maximum absolute atomic E-state index is 12.1. The largest absolute Gasteiger partial charge is 0.459 e. The Morgan fingerprint density at radius 2 is 1.76 bits per heavy atom. The van der Waals surface area contributed by atoms with Crippen LogP contribution in [0.5, 0.6) is 0 Å². The summed E-state index contributed by atoms with van der Waals surface area (Å²) in [6.07, 6.45) is 4.71. The average molecular weight is 375 g/mol. The third-order valence-corrected chi connectivity index (χ3v) is 5.69. The molecule has 1 fully saturated rings. The third kappa shape index (κ3) is 4.54. The van der Waals surface area contributed by atoms with Crippen LogP contribution in [-0.4, -0.2) is 31.1 Å². The Morgan fingerprint density at radius 3 is 2.24 bits per heavy atom. The zero-order chi connectivity index (χ0) is 15.7. The van der Waals surface area contributed by atoms with E-state index in [9.17, 15) is 13.2 Å². The molecule has 0 spiro atoms. The van der Waals surface area contributed by atoms with E-state index in [0.717, 1.165) is 31.9 Å². The minimum absolute atomic E-state index is 0.0577. The monoisotopic (exact) mass is 374 g/mol. The zero-order valence-corrected chi connectivity index (χ0v) is 14.5. The smallest absolute Gasteiger partial charge is 0.338 e. The van der Waals surface area contributed by atoms with Crippen LogP contribution in [0.2, 0.25) is 0 Å². The second-order valence-corrected chi connectivity index (χ2v) is 9.74. The van der Waals surface area contributed by atoms with Crippen LogP contribution in [0.1, 0.15) is 43.0 Å². The van der Waals surface area contributed by atoms with E-state index in [1.54, 1.807) is 0 Å². The van der Waals surface area contributed by atoms with E-state index in [0.29, 0.717) is 5.56 Å². The fraction of sp³-hybridized carbons (Fsp3) is 0.533. The molecule has 0 aliphatic heterocycles. The molecule has 0 heterocycles. The van der Waals surface area contributed by atoms with Gasteiger partial charge in [-0.05, 0) is 56.9 Å². The highest BCUT2D eigenvalue weighted by molar-refractivity contribution is 9.10. The van der Waals surface area contributed by atoms with E-state index in [1.807, 2.05) is 0 Å². The Kier molecular flexibility index (Phi) is 4.78. The number of carbonyl (C=O) groups excluding carboxylic acids is 1. The molecule has 1 aromatic carbocycles. The summed E-state index contributed by atoms with van der Waals surface area (Å²) in [5, 5.41) is 0. The van der Waals surface area contributed by atoms with Gasteiger partial charge in [0, 0.05) is 10.6 Å². The standard InChI is InChI=1S/C15H19BrO4S/c1-15(16)9-7-12(8-10-15)20-14(17)11-3-5-13(6-4-11)21(2,18)19/h3-6,12H,7-10H2,1-2H3. The molecule has 1 aliphatic carbocycles. The Morgan fingerprint density at radius 1 is 1.24 bits per heavy atom. The van der Waals surface area contributed by atoms with E-state index >= 15 is 0 Å². The lowest BCUT2D eigenvalue weighted by Gasteiger charge is -2.32. The first-order valence-corrected chi connectivity index (χ1v) is 9.56. The molecule has 1 saturated carbocycles. The van der Waals surface area contributed by atoms with Crippen LogP contribution in [-0.2, 0) is 14.6 Å². The predicted molar refractivity (Wildman–Crippen MR) is 84.6 cm³/mol. The van der Waals surface area contributed by atoms with Crippen LogP contribution < -0.4 is 0 Å². The van der Waals surface area contributed by atoms with Crippen molar-refractivity contribution in [2.45, 2.75) is 47.9 Å². The number of carbonyl (C=O) groups is 1. The van der Waals surface area contributed by atoms with Crippen LogP contribution in [0.15, 0.2) is 29.2 Å². The summed E-state index contributed by atoms with van der Waals surface area (Å²) >= 11 is 3.66. The Balaban J connectivity index is 1.98. The summed E-state index contributed by atoms with van der Waals surface area (Å²) in [6.45, 7) is 2.15. The van der Waals surface area contributed by atoms with Crippen LogP contribution in [0, 0.1) is 0 Å². The molecule has 2 rings (SSSR count). The molecule has 0 atom stereocenters. The summed E-state index contributed by atoms with van der Waals surface area (Å²) in [5.41, 5.74) is 0.384. The van der Waals surface area contributed by atoms with Gasteiger partial charge in [-0.3, -0.25) is 0 Å². The molecule has 0 unspecified atom stereocenters. The average Bonchev–Trinajstić information content (AvgIpc) is 2.40. The molecule has 1 aromatic rings. The van der Waals surface area contributed by atoms with Crippen LogP contribution >= 0.6 is 15.9 Å². The molecule has 0 amide bonds. The minimum Gasteiger partial charge on any atom is -0.459 e. The van der Waals surface area contributed by atoms with Crippen molar-refractivity contribution in [1.82, 2.24) is 0 Å². The number of hydrogen-bond acceptors (Lipinski definition) is 4. The van der Waals surface area contributed by atoms with Crippen molar-refractivity contribution in [3.05, 3.63) is 29.8 Å². The molecule has 4 nitrogen and oxygen atoms in total. The number of ether oxygens (including phenoxy) is 1. The highest BCUT2D eigenvalue weighted by atomic mass is 79.9. The molecule has 6 heteroatoms. The third-order valence-electron chi connectivity index (χ3n) is 3.77. The molecule has 1 aliphatic rings. The molecule has 21 heavy (non-hydrogen) atoms. The summed E-state index contributed by atoms with van der Waals surface area (Å²) in [5.74, 6) is -0.391. The predicted octanol–water partition coefficient (Wildman–Crippen LogP) is 3.34. The fourth-order valence-electron chi connectivity index (χ4n) is 2.37. The summed E-state index contributed by atoms with van der Waals surface area (Å²) in [6, 6.07) is 5.86. The number of esters is 1. The van der Waals surface area contributed by atoms with Gasteiger partial charge in [-0.2, -0.15) is 0 Å². The number of halogens is 1. The molecule has 0 N–H and O–H groups in total. The van der Waals surface area contributed by atoms with Crippen LogP contribution in [0.4, 0.5) is 0 Å². The minimum atomic E-state index is -3.24. The van der Waals surface area contributed by atoms with Crippen molar-refractivity contribution < 1.29 is 17.9 Å². The summed E-state index contributed by atoms with van der Waals surface area (Å²) in [4.78, 5) is 12.3. The molecule has 0 aromatic heterocycles. The van der Waals surface area contributed by atoms with Gasteiger partial charge >= 0.3 is 5.97 Å². The van der Waals surface area contributed by atoms with Gasteiger partial charge in [0.1, 0.15) is 6.10 Å². The Labute approximate surface area is 133 Å². The topological polar surface area (TPSA) is 60.4 Å². The highest BCUT2D eigenvalue weighted by Gasteiger charge is 2.30. The first-order valence-electron chi connectivity index (χ1n) is 6.87. The fourth-order valence-corrected chi connectivity index (χ4v) is 3.46. The highest BCUT2D eigenvalue weighted by Crippen LogP contribution is 2.36. The molecular weight excluding hydrogens is 356 g/mol. The quantitative estimate of drug-likeness (QED) is 0.601. The maximum atomic E-state index is 12.1. The molecular formula is C15H19BrO4S. The van der Waals surface area contributed by atoms with Gasteiger partial charge in [-0.25, -0.2) is 13.2 Å². The molecule has 116 valence electrons. The van der Waals surface area contributed by atoms with Crippen molar-refractivity contribution in [1.29, 1.82) is 0 Å². The Hall–Kier alpha value is -0.880. The van der Waals surface area contributed by atoms with Crippen molar-refractivity contribution >= 4 is 31.7 Å². The Bertz CT molecular complexity index is 610. The van der Waals surface area contributed by atoms with E-state index in [1.165, 1.54) is 24.3 Å². The van der Waals surface area contributed by atoms with Gasteiger partial charge in [0.2, 0.25) is 0 Å². The van der Waals surface area contributed by atoms with Gasteiger partial charge in [-0.1, -0.05) is 15.9 Å². The van der Waals surface area contributed by atoms with E-state index in [4.69, 9.17) is 4.74 Å². The number of sulfone groups is 1. The normalized spacial score (nSPS) is 26.3. The van der Waals surface area contributed by atoms with Crippen LogP contribution in [0.3, 0.4) is 0 Å². The first-order chi connectivity index (χ1) is 9.67. The van der Waals surface area contributed by atoms with E-state index in [2.05, 4.69) is 22.9 Å². The van der Waals surface area contributed by atoms with Crippen LogP contribution in [0.25, 0.3) is 0 Å². The summed E-state index contributed by atoms with van der Waals surface area (Å²) in [7, 11) is -3.24. The lowest BCUT2D eigenvalue weighted by molar-refractivity contribution is 0.0191. The van der Waals surface area contributed by atoms with Gasteiger partial charge in [0.25, 0.3) is 0 Å². The van der Waals surface area contributed by atoms with Gasteiger partial charge in [0.05, 0.1) is 10.5 Å².